The number of hydrogen-bond donors (Lipinski definition) is 1. The van der Waals surface area contributed by atoms with E-state index in [0.717, 1.165) is 32.0 Å². The second-order valence-electron chi connectivity index (χ2n) is 5.72. The van der Waals surface area contributed by atoms with Gasteiger partial charge in [-0.3, -0.25) is 5.32 Å². The lowest BCUT2D eigenvalue weighted by atomic mass is 10.0. The number of nitrogens with one attached hydrogen (secondary N) is 1. The van der Waals surface area contributed by atoms with E-state index in [4.69, 9.17) is 0 Å². The van der Waals surface area contributed by atoms with Crippen molar-refractivity contribution in [3.05, 3.63) is 0 Å². The molecule has 0 saturated heterocycles. The molecule has 1 N–H and O–H groups in total. The van der Waals surface area contributed by atoms with Crippen LogP contribution in [0.15, 0.2) is 0 Å². The van der Waals surface area contributed by atoms with Gasteiger partial charge < -0.3 is 4.90 Å². The summed E-state index contributed by atoms with van der Waals surface area (Å²) in [5.41, 5.74) is -0.399. The Labute approximate surface area is 106 Å². The lowest BCUT2D eigenvalue weighted by Gasteiger charge is -2.30. The van der Waals surface area contributed by atoms with E-state index in [2.05, 4.69) is 30.3 Å². The highest BCUT2D eigenvalue weighted by atomic mass is 15.1. The van der Waals surface area contributed by atoms with Gasteiger partial charge in [-0.05, 0) is 45.7 Å². The van der Waals surface area contributed by atoms with Gasteiger partial charge in [0, 0.05) is 13.1 Å². The van der Waals surface area contributed by atoms with Crippen molar-refractivity contribution in [2.45, 2.75) is 51.5 Å². The molecule has 0 aromatic carbocycles. The molecule has 0 radical (unpaired) electrons. The molecule has 0 aliphatic heterocycles. The molecule has 1 aliphatic rings. The molecule has 0 heterocycles. The Kier molecular flexibility index (Phi) is 5.94. The zero-order chi connectivity index (χ0) is 12.7. The average Bonchev–Trinajstić information content (AvgIpc) is 2.79. The van der Waals surface area contributed by atoms with Crippen LogP contribution in [0.25, 0.3) is 0 Å². The van der Waals surface area contributed by atoms with Crippen LogP contribution in [0.4, 0.5) is 0 Å². The molecule has 0 spiro atoms. The predicted molar refractivity (Wildman–Crippen MR) is 71.8 cm³/mol. The van der Waals surface area contributed by atoms with Crippen LogP contribution in [0.5, 0.6) is 0 Å². The number of nitrogens with zero attached hydrogens (tertiary/aromatic N) is 2. The molecule has 17 heavy (non-hydrogen) atoms. The van der Waals surface area contributed by atoms with Gasteiger partial charge >= 0.3 is 0 Å². The minimum absolute atomic E-state index is 0.399. The largest absolute Gasteiger partial charge is 0.303 e. The summed E-state index contributed by atoms with van der Waals surface area (Å²) >= 11 is 0. The first-order chi connectivity index (χ1) is 8.09. The van der Waals surface area contributed by atoms with Crippen molar-refractivity contribution in [2.75, 3.05) is 26.7 Å². The van der Waals surface area contributed by atoms with Crippen LogP contribution in [0.2, 0.25) is 0 Å². The molecule has 1 fully saturated rings. The van der Waals surface area contributed by atoms with E-state index in [1.165, 1.54) is 25.7 Å². The molecule has 0 bridgehead atoms. The lowest BCUT2D eigenvalue weighted by Crippen LogP contribution is -2.50. The first-order valence-electron chi connectivity index (χ1n) is 6.94. The Balaban J connectivity index is 2.35. The van der Waals surface area contributed by atoms with E-state index in [-0.39, 0.29) is 0 Å². The quantitative estimate of drug-likeness (QED) is 0.739. The minimum atomic E-state index is -0.399. The fourth-order valence-electron chi connectivity index (χ4n) is 2.77. The standard InChI is InChI=1S/C14H27N3/c1-4-9-16-14(2,11-15)12-17(3)10-13-7-5-6-8-13/h13,16H,4-10,12H2,1-3H3. The smallest absolute Gasteiger partial charge is 0.116 e. The van der Waals surface area contributed by atoms with Crippen LogP contribution in [0.3, 0.4) is 0 Å². The van der Waals surface area contributed by atoms with Gasteiger partial charge in [0.2, 0.25) is 0 Å². The molecule has 0 amide bonds. The fraction of sp³-hybridized carbons (Fsp3) is 0.929. The molecular formula is C14H27N3. The van der Waals surface area contributed by atoms with Gasteiger partial charge in [0.25, 0.3) is 0 Å². The van der Waals surface area contributed by atoms with E-state index in [1.54, 1.807) is 0 Å². The normalized spacial score (nSPS) is 20.4. The summed E-state index contributed by atoms with van der Waals surface area (Å²) < 4.78 is 0. The van der Waals surface area contributed by atoms with Crippen molar-refractivity contribution >= 4 is 0 Å². The Bertz CT molecular complexity index is 253. The monoisotopic (exact) mass is 237 g/mol. The number of hydrogen-bond acceptors (Lipinski definition) is 3. The average molecular weight is 237 g/mol. The highest BCUT2D eigenvalue weighted by molar-refractivity contribution is 5.05. The zero-order valence-electron chi connectivity index (χ0n) is 11.6. The van der Waals surface area contributed by atoms with Gasteiger partial charge in [0.05, 0.1) is 6.07 Å². The first kappa shape index (κ1) is 14.5. The number of rotatable bonds is 7. The van der Waals surface area contributed by atoms with Crippen LogP contribution in [0, 0.1) is 17.2 Å². The van der Waals surface area contributed by atoms with Gasteiger partial charge in [-0.15, -0.1) is 0 Å². The van der Waals surface area contributed by atoms with Crippen LogP contribution in [-0.2, 0) is 0 Å². The summed E-state index contributed by atoms with van der Waals surface area (Å²) in [5, 5.41) is 12.6. The zero-order valence-corrected chi connectivity index (χ0v) is 11.6. The van der Waals surface area contributed by atoms with E-state index in [9.17, 15) is 5.26 Å². The van der Waals surface area contributed by atoms with Crippen molar-refractivity contribution in [1.29, 1.82) is 5.26 Å². The molecular weight excluding hydrogens is 210 g/mol. The van der Waals surface area contributed by atoms with Crippen LogP contribution < -0.4 is 5.32 Å². The first-order valence-corrected chi connectivity index (χ1v) is 6.94. The highest BCUT2D eigenvalue weighted by Crippen LogP contribution is 2.25. The summed E-state index contributed by atoms with van der Waals surface area (Å²) in [7, 11) is 2.14. The third-order valence-corrected chi connectivity index (χ3v) is 3.64. The summed E-state index contributed by atoms with van der Waals surface area (Å²) in [4.78, 5) is 2.32. The van der Waals surface area contributed by atoms with Gasteiger partial charge in [-0.1, -0.05) is 19.8 Å². The fourth-order valence-corrected chi connectivity index (χ4v) is 2.77. The van der Waals surface area contributed by atoms with Crippen molar-refractivity contribution in [2.24, 2.45) is 5.92 Å². The molecule has 0 aromatic rings. The number of likely N-dealkylation sites (N-methyl/N-ethyl adjacent to an activating group) is 1. The molecule has 1 saturated carbocycles. The van der Waals surface area contributed by atoms with Crippen molar-refractivity contribution < 1.29 is 0 Å². The van der Waals surface area contributed by atoms with Gasteiger partial charge in [0.1, 0.15) is 5.54 Å². The van der Waals surface area contributed by atoms with Crippen molar-refractivity contribution in [3.63, 3.8) is 0 Å². The number of nitriles is 1. The predicted octanol–water partition coefficient (Wildman–Crippen LogP) is 2.39. The van der Waals surface area contributed by atoms with E-state index in [1.807, 2.05) is 6.92 Å². The Morgan fingerprint density at radius 2 is 2.06 bits per heavy atom. The molecule has 1 unspecified atom stereocenters. The van der Waals surface area contributed by atoms with Crippen molar-refractivity contribution in [1.82, 2.24) is 10.2 Å². The highest BCUT2D eigenvalue weighted by Gasteiger charge is 2.26. The molecule has 1 atom stereocenters. The van der Waals surface area contributed by atoms with Gasteiger partial charge in [-0.2, -0.15) is 5.26 Å². The molecule has 3 nitrogen and oxygen atoms in total. The van der Waals surface area contributed by atoms with Crippen LogP contribution in [0.1, 0.15) is 46.0 Å². The van der Waals surface area contributed by atoms with Crippen molar-refractivity contribution in [3.8, 4) is 6.07 Å². The molecule has 1 aliphatic carbocycles. The maximum absolute atomic E-state index is 9.28. The third-order valence-electron chi connectivity index (χ3n) is 3.64. The van der Waals surface area contributed by atoms with Crippen LogP contribution in [-0.4, -0.2) is 37.1 Å². The maximum Gasteiger partial charge on any atom is 0.116 e. The second kappa shape index (κ2) is 6.98. The van der Waals surface area contributed by atoms with Gasteiger partial charge in [0.15, 0.2) is 0 Å². The SMILES string of the molecule is CCCNC(C)(C#N)CN(C)CC1CCCC1. The Morgan fingerprint density at radius 3 is 2.59 bits per heavy atom. The van der Waals surface area contributed by atoms with E-state index >= 15 is 0 Å². The Morgan fingerprint density at radius 1 is 1.41 bits per heavy atom. The third kappa shape index (κ3) is 5.06. The molecule has 1 rings (SSSR count). The van der Waals surface area contributed by atoms with Gasteiger partial charge in [-0.25, -0.2) is 0 Å². The summed E-state index contributed by atoms with van der Waals surface area (Å²) in [6.45, 7) is 7.02. The molecule has 0 aromatic heterocycles. The second-order valence-corrected chi connectivity index (χ2v) is 5.72. The summed E-state index contributed by atoms with van der Waals surface area (Å²) in [6, 6.07) is 2.42. The Hall–Kier alpha value is -0.590. The lowest BCUT2D eigenvalue weighted by molar-refractivity contribution is 0.228. The summed E-state index contributed by atoms with van der Waals surface area (Å²) in [5.74, 6) is 0.856. The maximum atomic E-state index is 9.28. The topological polar surface area (TPSA) is 39.1 Å². The summed E-state index contributed by atoms with van der Waals surface area (Å²) in [6.07, 6.45) is 6.60. The van der Waals surface area contributed by atoms with Crippen LogP contribution >= 0.6 is 0 Å². The minimum Gasteiger partial charge on any atom is -0.303 e. The van der Waals surface area contributed by atoms with E-state index < -0.39 is 5.54 Å². The molecule has 98 valence electrons. The van der Waals surface area contributed by atoms with E-state index in [0.29, 0.717) is 0 Å². The molecule has 3 heteroatoms.